The number of esters is 1. The molecule has 0 saturated heterocycles. The highest BCUT2D eigenvalue weighted by Gasteiger charge is 2.19. The fourth-order valence-electron chi connectivity index (χ4n) is 4.13. The van der Waals surface area contributed by atoms with Gasteiger partial charge in [0.05, 0.1) is 12.2 Å². The second kappa shape index (κ2) is 11.5. The molecule has 0 radical (unpaired) electrons. The van der Waals surface area contributed by atoms with Gasteiger partial charge >= 0.3 is 5.97 Å². The normalized spacial score (nSPS) is 11.8. The van der Waals surface area contributed by atoms with Crippen LogP contribution in [0.15, 0.2) is 66.7 Å². The Balaban J connectivity index is 1.76. The molecule has 1 aromatic heterocycles. The van der Waals surface area contributed by atoms with E-state index in [0.29, 0.717) is 28.8 Å². The molecule has 4 rings (SSSR count). The third-order valence-corrected chi connectivity index (χ3v) is 6.53. The monoisotopic (exact) mass is 539 g/mol. The van der Waals surface area contributed by atoms with E-state index in [1.54, 1.807) is 19.1 Å². The van der Waals surface area contributed by atoms with Crippen LogP contribution in [0, 0.1) is 0 Å². The summed E-state index contributed by atoms with van der Waals surface area (Å²) < 4.78 is 10.4. The summed E-state index contributed by atoms with van der Waals surface area (Å²) in [6.07, 6.45) is 0. The highest BCUT2D eigenvalue weighted by molar-refractivity contribution is 5.72. The first-order valence-corrected chi connectivity index (χ1v) is 13.4. The lowest BCUT2D eigenvalue weighted by Gasteiger charge is -2.19. The average molecular weight is 540 g/mol. The summed E-state index contributed by atoms with van der Waals surface area (Å²) >= 11 is 0. The topological polar surface area (TPSA) is 94.4 Å². The van der Waals surface area contributed by atoms with E-state index in [1.807, 2.05) is 24.3 Å². The Labute approximate surface area is 236 Å². The molecule has 0 aliphatic heterocycles. The maximum absolute atomic E-state index is 11.6. The predicted octanol–water partition coefficient (Wildman–Crippen LogP) is 7.12. The zero-order valence-corrected chi connectivity index (χ0v) is 24.3. The number of phenols is 1. The molecule has 0 saturated carbocycles. The Morgan fingerprint density at radius 1 is 0.725 bits per heavy atom. The van der Waals surface area contributed by atoms with E-state index in [1.165, 1.54) is 17.2 Å². The van der Waals surface area contributed by atoms with Crippen LogP contribution in [0.3, 0.4) is 0 Å². The smallest absolute Gasteiger partial charge is 0.344 e. The van der Waals surface area contributed by atoms with Crippen molar-refractivity contribution >= 4 is 5.97 Å². The van der Waals surface area contributed by atoms with Crippen molar-refractivity contribution < 1.29 is 19.4 Å². The summed E-state index contributed by atoms with van der Waals surface area (Å²) in [5, 5.41) is 10.9. The molecule has 1 heterocycles. The third kappa shape index (κ3) is 6.84. The third-order valence-electron chi connectivity index (χ3n) is 6.53. The molecule has 208 valence electrons. The fraction of sp³-hybridized carbons (Fsp3) is 0.333. The standard InChI is InChI=1S/C33H37N3O4/c1-8-39-28(38)20-40-25-17-18-26(27(37)19-25)31-35-29(21-9-13-23(14-10-21)32(2,3)4)34-30(36-31)22-11-15-24(16-12-22)33(5,6)7/h9-19,37H,8,20H2,1-7H3. The number of hydrogen-bond acceptors (Lipinski definition) is 7. The highest BCUT2D eigenvalue weighted by atomic mass is 16.6. The molecule has 0 fully saturated rings. The van der Waals surface area contributed by atoms with Crippen LogP contribution in [-0.2, 0) is 20.4 Å². The van der Waals surface area contributed by atoms with E-state index in [4.69, 9.17) is 24.4 Å². The van der Waals surface area contributed by atoms with Gasteiger partial charge in [0.25, 0.3) is 0 Å². The maximum atomic E-state index is 11.6. The van der Waals surface area contributed by atoms with Gasteiger partial charge in [-0.15, -0.1) is 0 Å². The van der Waals surface area contributed by atoms with Gasteiger partial charge in [-0.1, -0.05) is 90.1 Å². The number of phenolic OH excluding ortho intramolecular Hbond substituents is 1. The number of rotatable bonds is 7. The van der Waals surface area contributed by atoms with Gasteiger partial charge in [0.15, 0.2) is 24.1 Å². The van der Waals surface area contributed by atoms with Gasteiger partial charge in [-0.25, -0.2) is 19.7 Å². The van der Waals surface area contributed by atoms with Gasteiger partial charge in [0, 0.05) is 17.2 Å². The summed E-state index contributed by atoms with van der Waals surface area (Å²) in [6.45, 7) is 14.8. The number of hydrogen-bond donors (Lipinski definition) is 1. The second-order valence-electron chi connectivity index (χ2n) is 11.7. The van der Waals surface area contributed by atoms with E-state index >= 15 is 0 Å². The molecule has 3 aromatic carbocycles. The van der Waals surface area contributed by atoms with Crippen molar-refractivity contribution in [1.29, 1.82) is 0 Å². The van der Waals surface area contributed by atoms with Crippen LogP contribution in [-0.4, -0.2) is 39.2 Å². The molecule has 1 N–H and O–H groups in total. The van der Waals surface area contributed by atoms with E-state index in [-0.39, 0.29) is 29.8 Å². The maximum Gasteiger partial charge on any atom is 0.344 e. The zero-order chi connectivity index (χ0) is 29.1. The molecular weight excluding hydrogens is 502 g/mol. The molecule has 0 spiro atoms. The predicted molar refractivity (Wildman–Crippen MR) is 157 cm³/mol. The van der Waals surface area contributed by atoms with Crippen LogP contribution in [0.2, 0.25) is 0 Å². The average Bonchev–Trinajstić information content (AvgIpc) is 2.91. The fourth-order valence-corrected chi connectivity index (χ4v) is 4.13. The Hall–Kier alpha value is -4.26. The molecular formula is C33H37N3O4. The first-order valence-electron chi connectivity index (χ1n) is 13.4. The van der Waals surface area contributed by atoms with Crippen LogP contribution < -0.4 is 4.74 Å². The van der Waals surface area contributed by atoms with E-state index in [0.717, 1.165) is 11.1 Å². The highest BCUT2D eigenvalue weighted by Crippen LogP contribution is 2.34. The van der Waals surface area contributed by atoms with Crippen molar-refractivity contribution in [2.24, 2.45) is 0 Å². The Morgan fingerprint density at radius 3 is 1.62 bits per heavy atom. The first-order chi connectivity index (χ1) is 18.8. The van der Waals surface area contributed by atoms with E-state index in [2.05, 4.69) is 65.8 Å². The zero-order valence-electron chi connectivity index (χ0n) is 24.3. The van der Waals surface area contributed by atoms with Crippen molar-refractivity contribution in [3.05, 3.63) is 77.9 Å². The quantitative estimate of drug-likeness (QED) is 0.250. The van der Waals surface area contributed by atoms with Gasteiger partial charge in [-0.05, 0) is 41.0 Å². The molecule has 0 amide bonds. The summed E-state index contributed by atoms with van der Waals surface area (Å²) in [6, 6.07) is 21.2. The number of aromatic nitrogens is 3. The Morgan fingerprint density at radius 2 is 1.20 bits per heavy atom. The summed E-state index contributed by atoms with van der Waals surface area (Å²) in [5.74, 6) is 1.11. The van der Waals surface area contributed by atoms with E-state index in [9.17, 15) is 9.90 Å². The number of nitrogens with zero attached hydrogens (tertiary/aromatic N) is 3. The van der Waals surface area contributed by atoms with E-state index < -0.39 is 5.97 Å². The first kappa shape index (κ1) is 28.7. The Bertz CT molecular complexity index is 1410. The summed E-state index contributed by atoms with van der Waals surface area (Å²) in [7, 11) is 0. The largest absolute Gasteiger partial charge is 0.507 e. The number of benzene rings is 3. The van der Waals surface area contributed by atoms with Crippen LogP contribution in [0.1, 0.15) is 59.6 Å². The minimum absolute atomic E-state index is 0.0195. The van der Waals surface area contributed by atoms with Crippen LogP contribution in [0.25, 0.3) is 34.2 Å². The molecule has 7 heteroatoms. The number of aromatic hydroxyl groups is 1. The molecule has 0 aliphatic carbocycles. The minimum Gasteiger partial charge on any atom is -0.507 e. The lowest BCUT2D eigenvalue weighted by atomic mass is 9.86. The van der Waals surface area contributed by atoms with Crippen molar-refractivity contribution in [3.8, 4) is 45.7 Å². The molecule has 0 bridgehead atoms. The SMILES string of the molecule is CCOC(=O)COc1ccc(-c2nc(-c3ccc(C(C)(C)C)cc3)nc(-c3ccc(C(C)(C)C)cc3)n2)c(O)c1. The molecule has 0 atom stereocenters. The summed E-state index contributed by atoms with van der Waals surface area (Å²) in [4.78, 5) is 25.9. The van der Waals surface area contributed by atoms with Crippen molar-refractivity contribution in [3.63, 3.8) is 0 Å². The molecule has 0 aliphatic rings. The van der Waals surface area contributed by atoms with Crippen LogP contribution >= 0.6 is 0 Å². The molecule has 7 nitrogen and oxygen atoms in total. The number of ether oxygens (including phenoxy) is 2. The van der Waals surface area contributed by atoms with Gasteiger partial charge in [0.2, 0.25) is 0 Å². The van der Waals surface area contributed by atoms with Crippen LogP contribution in [0.4, 0.5) is 0 Å². The number of carbonyl (C=O) groups excluding carboxylic acids is 1. The van der Waals surface area contributed by atoms with Crippen LogP contribution in [0.5, 0.6) is 11.5 Å². The lowest BCUT2D eigenvalue weighted by Crippen LogP contribution is -2.14. The second-order valence-corrected chi connectivity index (χ2v) is 11.7. The molecule has 4 aromatic rings. The summed E-state index contributed by atoms with van der Waals surface area (Å²) in [5.41, 5.74) is 4.57. The lowest BCUT2D eigenvalue weighted by molar-refractivity contribution is -0.145. The molecule has 0 unspecified atom stereocenters. The molecule has 40 heavy (non-hydrogen) atoms. The van der Waals surface area contributed by atoms with Gasteiger partial charge in [-0.2, -0.15) is 0 Å². The van der Waals surface area contributed by atoms with Crippen molar-refractivity contribution in [2.45, 2.75) is 59.3 Å². The van der Waals surface area contributed by atoms with Gasteiger partial charge in [-0.3, -0.25) is 0 Å². The van der Waals surface area contributed by atoms with Gasteiger partial charge in [0.1, 0.15) is 11.5 Å². The van der Waals surface area contributed by atoms with Gasteiger partial charge < -0.3 is 14.6 Å². The number of carbonyl (C=O) groups is 1. The van der Waals surface area contributed by atoms with Crippen molar-refractivity contribution in [2.75, 3.05) is 13.2 Å². The van der Waals surface area contributed by atoms with Crippen molar-refractivity contribution in [1.82, 2.24) is 15.0 Å². The minimum atomic E-state index is -0.479. The Kier molecular flexibility index (Phi) is 8.24.